The van der Waals surface area contributed by atoms with Crippen LogP contribution < -0.4 is 11.1 Å². The predicted molar refractivity (Wildman–Crippen MR) is 80.3 cm³/mol. The molecule has 0 radical (unpaired) electrons. The summed E-state index contributed by atoms with van der Waals surface area (Å²) in [5.41, 5.74) is 5.82. The Kier molecular flexibility index (Phi) is 6.86. The Balaban J connectivity index is 2.95. The molecule has 0 aliphatic carbocycles. The minimum atomic E-state index is -0.578. The van der Waals surface area contributed by atoms with Gasteiger partial charge in [0.15, 0.2) is 0 Å². The molecule has 0 aliphatic rings. The van der Waals surface area contributed by atoms with Gasteiger partial charge in [-0.3, -0.25) is 4.79 Å². The summed E-state index contributed by atoms with van der Waals surface area (Å²) in [7, 11) is 1.56. The van der Waals surface area contributed by atoms with Crippen LogP contribution in [0.15, 0.2) is 18.2 Å². The van der Waals surface area contributed by atoms with E-state index in [1.54, 1.807) is 7.11 Å². The molecule has 1 amide bonds. The van der Waals surface area contributed by atoms with Crippen LogP contribution in [0.3, 0.4) is 0 Å². The smallest absolute Gasteiger partial charge is 0.254 e. The van der Waals surface area contributed by atoms with E-state index in [9.17, 15) is 9.18 Å². The molecule has 1 atom stereocenters. The quantitative estimate of drug-likeness (QED) is 0.809. The lowest BCUT2D eigenvalue weighted by Crippen LogP contribution is -2.42. The number of rotatable bonds is 5. The fraction of sp³-hybridized carbons (Fsp3) is 0.438. The highest BCUT2D eigenvalue weighted by Crippen LogP contribution is 2.11. The molecule has 0 saturated carbocycles. The molecule has 0 heterocycles. The number of amides is 1. The maximum absolute atomic E-state index is 13.8. The summed E-state index contributed by atoms with van der Waals surface area (Å²) in [5.74, 6) is 4.58. The Bertz CT molecular complexity index is 547. The highest BCUT2D eigenvalue weighted by Gasteiger charge is 2.19. The molecule has 21 heavy (non-hydrogen) atoms. The SMILES string of the molecule is COCC(NC(=O)c1cc(C#CCN)ccc1F)C(C)C. The van der Waals surface area contributed by atoms with Crippen molar-refractivity contribution in [2.75, 3.05) is 20.3 Å². The van der Waals surface area contributed by atoms with Crippen LogP contribution >= 0.6 is 0 Å². The van der Waals surface area contributed by atoms with Gasteiger partial charge < -0.3 is 15.8 Å². The summed E-state index contributed by atoms with van der Waals surface area (Å²) in [4.78, 5) is 12.2. The number of halogens is 1. The summed E-state index contributed by atoms with van der Waals surface area (Å²) in [6.45, 7) is 4.51. The van der Waals surface area contributed by atoms with E-state index in [1.807, 2.05) is 13.8 Å². The summed E-state index contributed by atoms with van der Waals surface area (Å²) in [6, 6.07) is 4.00. The van der Waals surface area contributed by atoms with Gasteiger partial charge in [-0.1, -0.05) is 25.7 Å². The van der Waals surface area contributed by atoms with Crippen molar-refractivity contribution >= 4 is 5.91 Å². The zero-order valence-electron chi connectivity index (χ0n) is 12.6. The monoisotopic (exact) mass is 292 g/mol. The molecule has 0 aliphatic heterocycles. The van der Waals surface area contributed by atoms with Gasteiger partial charge in [-0.2, -0.15) is 0 Å². The first-order valence-corrected chi connectivity index (χ1v) is 6.77. The van der Waals surface area contributed by atoms with Gasteiger partial charge in [0.25, 0.3) is 5.91 Å². The van der Waals surface area contributed by atoms with Gasteiger partial charge in [0.05, 0.1) is 24.8 Å². The number of ether oxygens (including phenoxy) is 1. The molecule has 5 heteroatoms. The third-order valence-electron chi connectivity index (χ3n) is 3.01. The molecule has 4 nitrogen and oxygen atoms in total. The first-order valence-electron chi connectivity index (χ1n) is 6.77. The van der Waals surface area contributed by atoms with Crippen molar-refractivity contribution in [2.45, 2.75) is 19.9 Å². The Morgan fingerprint density at radius 2 is 2.19 bits per heavy atom. The first kappa shape index (κ1) is 17.2. The molecule has 0 aromatic heterocycles. The number of carbonyl (C=O) groups is 1. The molecule has 0 saturated heterocycles. The van der Waals surface area contributed by atoms with E-state index in [1.165, 1.54) is 18.2 Å². The molecule has 3 N–H and O–H groups in total. The Labute approximate surface area is 124 Å². The van der Waals surface area contributed by atoms with E-state index in [4.69, 9.17) is 10.5 Å². The fourth-order valence-electron chi connectivity index (χ4n) is 1.76. The third kappa shape index (κ3) is 5.18. The highest BCUT2D eigenvalue weighted by molar-refractivity contribution is 5.95. The van der Waals surface area contributed by atoms with Crippen LogP contribution in [0.25, 0.3) is 0 Å². The van der Waals surface area contributed by atoms with E-state index in [0.29, 0.717) is 12.2 Å². The molecule has 0 spiro atoms. The van der Waals surface area contributed by atoms with Crippen LogP contribution in [0.5, 0.6) is 0 Å². The zero-order chi connectivity index (χ0) is 15.8. The van der Waals surface area contributed by atoms with Gasteiger partial charge in [-0.25, -0.2) is 4.39 Å². The average molecular weight is 292 g/mol. The molecule has 0 bridgehead atoms. The summed E-state index contributed by atoms with van der Waals surface area (Å²) >= 11 is 0. The van der Waals surface area contributed by atoms with Crippen molar-refractivity contribution in [3.63, 3.8) is 0 Å². The third-order valence-corrected chi connectivity index (χ3v) is 3.01. The van der Waals surface area contributed by atoms with E-state index < -0.39 is 11.7 Å². The summed E-state index contributed by atoms with van der Waals surface area (Å²) in [6.07, 6.45) is 0. The normalized spacial score (nSPS) is 11.7. The van der Waals surface area contributed by atoms with Crippen LogP contribution in [0, 0.1) is 23.6 Å². The van der Waals surface area contributed by atoms with Crippen LogP contribution in [0.1, 0.15) is 29.8 Å². The van der Waals surface area contributed by atoms with Crippen molar-refractivity contribution in [1.29, 1.82) is 0 Å². The average Bonchev–Trinajstić information content (AvgIpc) is 2.45. The molecular formula is C16H21FN2O2. The second kappa shape index (κ2) is 8.40. The van der Waals surface area contributed by atoms with Crippen molar-refractivity contribution in [3.05, 3.63) is 35.1 Å². The Morgan fingerprint density at radius 3 is 2.76 bits per heavy atom. The van der Waals surface area contributed by atoms with Crippen LogP contribution in [0.2, 0.25) is 0 Å². The predicted octanol–water partition coefficient (Wildman–Crippen LogP) is 1.54. The molecular weight excluding hydrogens is 271 g/mol. The van der Waals surface area contributed by atoms with E-state index in [2.05, 4.69) is 17.2 Å². The highest BCUT2D eigenvalue weighted by atomic mass is 19.1. The lowest BCUT2D eigenvalue weighted by molar-refractivity contribution is 0.0862. The zero-order valence-corrected chi connectivity index (χ0v) is 12.6. The Hall–Kier alpha value is -1.90. The van der Waals surface area contributed by atoms with E-state index in [0.717, 1.165) is 0 Å². The minimum absolute atomic E-state index is 0.0272. The number of hydrogen-bond acceptors (Lipinski definition) is 3. The number of benzene rings is 1. The second-order valence-corrected chi connectivity index (χ2v) is 4.98. The Morgan fingerprint density at radius 1 is 1.48 bits per heavy atom. The standard InChI is InChI=1S/C16H21FN2O2/c1-11(2)15(10-21-3)19-16(20)13-9-12(5-4-8-18)6-7-14(13)17/h6-7,9,11,15H,8,10,18H2,1-3H3,(H,19,20). The van der Waals surface area contributed by atoms with Gasteiger partial charge in [-0.05, 0) is 24.1 Å². The van der Waals surface area contributed by atoms with Crippen molar-refractivity contribution in [2.24, 2.45) is 11.7 Å². The molecule has 0 fully saturated rings. The molecule has 1 unspecified atom stereocenters. The van der Waals surface area contributed by atoms with Gasteiger partial charge in [0.2, 0.25) is 0 Å². The second-order valence-electron chi connectivity index (χ2n) is 4.98. The molecule has 1 rings (SSSR count). The lowest BCUT2D eigenvalue weighted by Gasteiger charge is -2.21. The largest absolute Gasteiger partial charge is 0.383 e. The number of carbonyl (C=O) groups excluding carboxylic acids is 1. The van der Waals surface area contributed by atoms with Gasteiger partial charge in [-0.15, -0.1) is 0 Å². The first-order chi connectivity index (χ1) is 9.99. The summed E-state index contributed by atoms with van der Waals surface area (Å²) < 4.78 is 18.9. The van der Waals surface area contributed by atoms with Gasteiger partial charge in [0, 0.05) is 12.7 Å². The van der Waals surface area contributed by atoms with Crippen molar-refractivity contribution in [1.82, 2.24) is 5.32 Å². The minimum Gasteiger partial charge on any atom is -0.383 e. The van der Waals surface area contributed by atoms with Gasteiger partial charge in [0.1, 0.15) is 5.82 Å². The molecule has 1 aromatic rings. The van der Waals surface area contributed by atoms with Crippen molar-refractivity contribution in [3.8, 4) is 11.8 Å². The fourth-order valence-corrected chi connectivity index (χ4v) is 1.76. The van der Waals surface area contributed by atoms with E-state index >= 15 is 0 Å². The number of hydrogen-bond donors (Lipinski definition) is 2. The lowest BCUT2D eigenvalue weighted by atomic mass is 10.0. The van der Waals surface area contributed by atoms with Gasteiger partial charge >= 0.3 is 0 Å². The number of nitrogens with one attached hydrogen (secondary N) is 1. The van der Waals surface area contributed by atoms with E-state index in [-0.39, 0.29) is 24.1 Å². The maximum Gasteiger partial charge on any atom is 0.254 e. The number of methoxy groups -OCH3 is 1. The van der Waals surface area contributed by atoms with Crippen LogP contribution in [-0.2, 0) is 4.74 Å². The van der Waals surface area contributed by atoms with Crippen molar-refractivity contribution < 1.29 is 13.9 Å². The molecule has 1 aromatic carbocycles. The molecule has 114 valence electrons. The van der Waals surface area contributed by atoms with Crippen LogP contribution in [-0.4, -0.2) is 32.2 Å². The van der Waals surface area contributed by atoms with Crippen LogP contribution in [0.4, 0.5) is 4.39 Å². The topological polar surface area (TPSA) is 64.3 Å². The maximum atomic E-state index is 13.8. The number of nitrogens with two attached hydrogens (primary N) is 1. The summed E-state index contributed by atoms with van der Waals surface area (Å²) in [5, 5.41) is 2.78.